The molecule has 1 rings (SSSR count). The van der Waals surface area contributed by atoms with Crippen LogP contribution in [-0.4, -0.2) is 62.2 Å². The number of nitrogens with one attached hydrogen (secondary N) is 1. The molecular weight excluding hydrogens is 222 g/mol. The van der Waals surface area contributed by atoms with Gasteiger partial charge in [0, 0.05) is 25.2 Å². The molecule has 1 N–H and O–H groups in total. The molecule has 1 fully saturated rings. The van der Waals surface area contributed by atoms with Gasteiger partial charge in [-0.25, -0.2) is 0 Å². The van der Waals surface area contributed by atoms with Crippen molar-refractivity contribution in [3.63, 3.8) is 0 Å². The topological polar surface area (TPSA) is 18.5 Å². The normalized spacial score (nSPS) is 23.8. The summed E-state index contributed by atoms with van der Waals surface area (Å²) in [6.07, 6.45) is 2.73. The van der Waals surface area contributed by atoms with Crippen molar-refractivity contribution in [1.82, 2.24) is 15.1 Å². The molecule has 3 heteroatoms. The van der Waals surface area contributed by atoms with E-state index < -0.39 is 0 Å². The summed E-state index contributed by atoms with van der Waals surface area (Å²) in [7, 11) is 4.53. The fraction of sp³-hybridized carbons (Fsp3) is 1.00. The maximum atomic E-state index is 3.63. The van der Waals surface area contributed by atoms with Gasteiger partial charge in [0.2, 0.25) is 0 Å². The first-order valence-corrected chi connectivity index (χ1v) is 7.46. The summed E-state index contributed by atoms with van der Waals surface area (Å²) < 4.78 is 0. The first-order chi connectivity index (χ1) is 8.34. The Balaban J connectivity index is 2.43. The highest BCUT2D eigenvalue weighted by Gasteiger charge is 2.27. The third-order valence-corrected chi connectivity index (χ3v) is 4.18. The molecule has 0 aliphatic carbocycles. The van der Waals surface area contributed by atoms with E-state index in [2.05, 4.69) is 56.9 Å². The van der Waals surface area contributed by atoms with E-state index in [0.717, 1.165) is 19.1 Å². The monoisotopic (exact) mass is 255 g/mol. The van der Waals surface area contributed by atoms with E-state index >= 15 is 0 Å². The SMILES string of the molecule is CCNC(CN(C)CC1CCCN1C)C(C)(C)C. The van der Waals surface area contributed by atoms with E-state index in [-0.39, 0.29) is 0 Å². The van der Waals surface area contributed by atoms with E-state index in [1.807, 2.05) is 0 Å². The van der Waals surface area contributed by atoms with Gasteiger partial charge in [0.05, 0.1) is 0 Å². The van der Waals surface area contributed by atoms with Gasteiger partial charge in [0.25, 0.3) is 0 Å². The third-order valence-electron chi connectivity index (χ3n) is 4.18. The van der Waals surface area contributed by atoms with Crippen molar-refractivity contribution in [2.75, 3.05) is 40.3 Å². The standard InChI is InChI=1S/C15H33N3/c1-7-16-14(15(2,3)4)12-17(5)11-13-9-8-10-18(13)6/h13-14,16H,7-12H2,1-6H3. The molecule has 2 unspecified atom stereocenters. The highest BCUT2D eigenvalue weighted by atomic mass is 15.2. The molecule has 0 amide bonds. The van der Waals surface area contributed by atoms with Crippen LogP contribution in [0, 0.1) is 5.41 Å². The third kappa shape index (κ3) is 4.87. The van der Waals surface area contributed by atoms with Crippen LogP contribution in [0.4, 0.5) is 0 Å². The number of rotatable bonds is 6. The van der Waals surface area contributed by atoms with Gasteiger partial charge < -0.3 is 15.1 Å². The second-order valence-corrected chi connectivity index (χ2v) is 6.97. The predicted molar refractivity (Wildman–Crippen MR) is 80.1 cm³/mol. The van der Waals surface area contributed by atoms with E-state index in [4.69, 9.17) is 0 Å². The summed E-state index contributed by atoms with van der Waals surface area (Å²) in [5, 5.41) is 3.63. The van der Waals surface area contributed by atoms with Gasteiger partial charge in [-0.1, -0.05) is 27.7 Å². The summed E-state index contributed by atoms with van der Waals surface area (Å²) >= 11 is 0. The maximum Gasteiger partial charge on any atom is 0.0243 e. The summed E-state index contributed by atoms with van der Waals surface area (Å²) in [5.41, 5.74) is 0.325. The molecule has 1 heterocycles. The largest absolute Gasteiger partial charge is 0.312 e. The molecule has 0 aromatic heterocycles. The quantitative estimate of drug-likeness (QED) is 0.783. The van der Waals surface area contributed by atoms with Crippen LogP contribution in [-0.2, 0) is 0 Å². The lowest BCUT2D eigenvalue weighted by Gasteiger charge is -2.36. The van der Waals surface area contributed by atoms with E-state index in [9.17, 15) is 0 Å². The fourth-order valence-corrected chi connectivity index (χ4v) is 2.85. The Morgan fingerprint density at radius 3 is 2.50 bits per heavy atom. The molecule has 108 valence electrons. The molecule has 0 aromatic carbocycles. The Bertz CT molecular complexity index is 234. The molecule has 0 spiro atoms. The van der Waals surface area contributed by atoms with E-state index in [1.54, 1.807) is 0 Å². The minimum absolute atomic E-state index is 0.325. The second-order valence-electron chi connectivity index (χ2n) is 6.97. The smallest absolute Gasteiger partial charge is 0.0243 e. The zero-order valence-electron chi connectivity index (χ0n) is 13.3. The number of hydrogen-bond acceptors (Lipinski definition) is 3. The van der Waals surface area contributed by atoms with Crippen LogP contribution in [0.3, 0.4) is 0 Å². The number of nitrogens with zero attached hydrogens (tertiary/aromatic N) is 2. The number of hydrogen-bond donors (Lipinski definition) is 1. The lowest BCUT2D eigenvalue weighted by molar-refractivity contribution is 0.165. The highest BCUT2D eigenvalue weighted by molar-refractivity contribution is 4.85. The predicted octanol–water partition coefficient (Wildman–Crippen LogP) is 2.04. The van der Waals surface area contributed by atoms with Crippen molar-refractivity contribution in [3.05, 3.63) is 0 Å². The zero-order valence-corrected chi connectivity index (χ0v) is 13.3. The second kappa shape index (κ2) is 6.88. The molecule has 2 atom stereocenters. The molecule has 1 aliphatic heterocycles. The maximum absolute atomic E-state index is 3.63. The summed E-state index contributed by atoms with van der Waals surface area (Å²) in [6, 6.07) is 1.33. The molecule has 3 nitrogen and oxygen atoms in total. The van der Waals surface area contributed by atoms with E-state index in [1.165, 1.54) is 25.9 Å². The molecule has 1 aliphatic rings. The van der Waals surface area contributed by atoms with Crippen LogP contribution in [0.15, 0.2) is 0 Å². The Hall–Kier alpha value is -0.120. The van der Waals surface area contributed by atoms with Crippen LogP contribution in [0.2, 0.25) is 0 Å². The Labute approximate surface area is 114 Å². The van der Waals surface area contributed by atoms with Crippen molar-refractivity contribution in [2.45, 2.75) is 52.6 Å². The van der Waals surface area contributed by atoms with Gasteiger partial charge in [0.15, 0.2) is 0 Å². The van der Waals surface area contributed by atoms with Crippen LogP contribution >= 0.6 is 0 Å². The number of likely N-dealkylation sites (tertiary alicyclic amines) is 1. The molecule has 18 heavy (non-hydrogen) atoms. The first kappa shape index (κ1) is 15.9. The van der Waals surface area contributed by atoms with E-state index in [0.29, 0.717) is 11.5 Å². The van der Waals surface area contributed by atoms with Crippen molar-refractivity contribution in [3.8, 4) is 0 Å². The van der Waals surface area contributed by atoms with Crippen molar-refractivity contribution in [2.24, 2.45) is 5.41 Å². The average Bonchev–Trinajstić information content (AvgIpc) is 2.62. The molecule has 0 aromatic rings. The summed E-state index contributed by atoms with van der Waals surface area (Å²) in [5.74, 6) is 0. The molecule has 0 saturated carbocycles. The van der Waals surface area contributed by atoms with Gasteiger partial charge in [0.1, 0.15) is 0 Å². The van der Waals surface area contributed by atoms with Crippen LogP contribution in [0.25, 0.3) is 0 Å². The summed E-state index contributed by atoms with van der Waals surface area (Å²) in [6.45, 7) is 13.9. The van der Waals surface area contributed by atoms with Crippen molar-refractivity contribution in [1.29, 1.82) is 0 Å². The van der Waals surface area contributed by atoms with Gasteiger partial charge in [-0.05, 0) is 45.4 Å². The highest BCUT2D eigenvalue weighted by Crippen LogP contribution is 2.21. The zero-order chi connectivity index (χ0) is 13.8. The first-order valence-electron chi connectivity index (χ1n) is 7.46. The van der Waals surface area contributed by atoms with Gasteiger partial charge >= 0.3 is 0 Å². The summed E-state index contributed by atoms with van der Waals surface area (Å²) in [4.78, 5) is 5.01. The van der Waals surface area contributed by atoms with Crippen LogP contribution in [0.5, 0.6) is 0 Å². The van der Waals surface area contributed by atoms with Gasteiger partial charge in [-0.15, -0.1) is 0 Å². The Morgan fingerprint density at radius 2 is 2.06 bits per heavy atom. The molecular formula is C15H33N3. The molecule has 1 saturated heterocycles. The van der Waals surface area contributed by atoms with Crippen LogP contribution in [0.1, 0.15) is 40.5 Å². The minimum Gasteiger partial charge on any atom is -0.312 e. The average molecular weight is 255 g/mol. The lowest BCUT2D eigenvalue weighted by Crippen LogP contribution is -2.49. The Kier molecular flexibility index (Phi) is 6.09. The fourth-order valence-electron chi connectivity index (χ4n) is 2.85. The van der Waals surface area contributed by atoms with Crippen LogP contribution < -0.4 is 5.32 Å². The van der Waals surface area contributed by atoms with Crippen molar-refractivity contribution < 1.29 is 0 Å². The Morgan fingerprint density at radius 1 is 1.39 bits per heavy atom. The molecule has 0 bridgehead atoms. The lowest BCUT2D eigenvalue weighted by atomic mass is 9.86. The van der Waals surface area contributed by atoms with Gasteiger partial charge in [-0.3, -0.25) is 0 Å². The minimum atomic E-state index is 0.325. The van der Waals surface area contributed by atoms with Gasteiger partial charge in [-0.2, -0.15) is 0 Å². The molecule has 0 radical (unpaired) electrons. The number of likely N-dealkylation sites (N-methyl/N-ethyl adjacent to an activating group) is 3. The van der Waals surface area contributed by atoms with Crippen molar-refractivity contribution >= 4 is 0 Å².